The Bertz CT molecular complexity index is 959. The van der Waals surface area contributed by atoms with E-state index in [-0.39, 0.29) is 16.8 Å². The van der Waals surface area contributed by atoms with Crippen LogP contribution in [0.2, 0.25) is 0 Å². The van der Waals surface area contributed by atoms with Crippen molar-refractivity contribution in [3.8, 4) is 11.8 Å². The predicted molar refractivity (Wildman–Crippen MR) is 125 cm³/mol. The number of amides is 1. The molecule has 6 nitrogen and oxygen atoms in total. The van der Waals surface area contributed by atoms with Gasteiger partial charge in [0.1, 0.15) is 17.4 Å². The van der Waals surface area contributed by atoms with Crippen molar-refractivity contribution in [3.05, 3.63) is 65.2 Å². The van der Waals surface area contributed by atoms with E-state index >= 15 is 0 Å². The Morgan fingerprint density at radius 1 is 1.00 bits per heavy atom. The topological polar surface area (TPSA) is 88.4 Å². The fourth-order valence-corrected chi connectivity index (χ4v) is 3.12. The van der Waals surface area contributed by atoms with Crippen LogP contribution in [-0.4, -0.2) is 25.6 Å². The molecular formula is C26H30N2O4. The average Bonchev–Trinajstić information content (AvgIpc) is 2.82. The van der Waals surface area contributed by atoms with E-state index in [1.807, 2.05) is 18.2 Å². The van der Waals surface area contributed by atoms with Crippen molar-refractivity contribution >= 4 is 23.6 Å². The van der Waals surface area contributed by atoms with Crippen LogP contribution in [0.5, 0.6) is 5.75 Å². The molecule has 32 heavy (non-hydrogen) atoms. The van der Waals surface area contributed by atoms with Gasteiger partial charge in [0.2, 0.25) is 0 Å². The number of hydrogen-bond acceptors (Lipinski definition) is 5. The van der Waals surface area contributed by atoms with E-state index < -0.39 is 11.9 Å². The number of benzene rings is 2. The molecule has 0 heterocycles. The third kappa shape index (κ3) is 7.92. The number of ether oxygens (including phenoxy) is 2. The number of rotatable bonds is 12. The summed E-state index contributed by atoms with van der Waals surface area (Å²) in [5.74, 6) is -0.419. The maximum atomic E-state index is 12.6. The number of anilines is 1. The predicted octanol–water partition coefficient (Wildman–Crippen LogP) is 5.76. The van der Waals surface area contributed by atoms with E-state index in [0.29, 0.717) is 12.2 Å². The lowest BCUT2D eigenvalue weighted by molar-refractivity contribution is -0.112. The van der Waals surface area contributed by atoms with Gasteiger partial charge in [0.25, 0.3) is 5.91 Å². The molecule has 0 radical (unpaired) electrons. The number of para-hydroxylation sites is 1. The summed E-state index contributed by atoms with van der Waals surface area (Å²) in [5, 5.41) is 12.0. The van der Waals surface area contributed by atoms with Crippen LogP contribution in [0, 0.1) is 11.3 Å². The molecule has 6 heteroatoms. The van der Waals surface area contributed by atoms with Crippen molar-refractivity contribution < 1.29 is 19.1 Å². The minimum absolute atomic E-state index is 0.0783. The summed E-state index contributed by atoms with van der Waals surface area (Å²) in [4.78, 5) is 24.4. The maximum absolute atomic E-state index is 12.6. The minimum Gasteiger partial charge on any atom is -0.494 e. The fraction of sp³-hybridized carbons (Fsp3) is 0.346. The molecule has 0 aromatic heterocycles. The molecule has 0 aliphatic heterocycles. The Balaban J connectivity index is 1.95. The minimum atomic E-state index is -0.604. The van der Waals surface area contributed by atoms with Gasteiger partial charge in [-0.3, -0.25) is 4.79 Å². The number of carbonyl (C=O) groups excluding carboxylic acids is 2. The number of nitriles is 1. The number of esters is 1. The van der Waals surface area contributed by atoms with E-state index in [1.54, 1.807) is 36.4 Å². The van der Waals surface area contributed by atoms with E-state index in [9.17, 15) is 14.9 Å². The van der Waals surface area contributed by atoms with Gasteiger partial charge in [-0.25, -0.2) is 4.79 Å². The lowest BCUT2D eigenvalue weighted by Crippen LogP contribution is -2.16. The highest BCUT2D eigenvalue weighted by Crippen LogP contribution is 2.19. The summed E-state index contributed by atoms with van der Waals surface area (Å²) in [7, 11) is 1.27. The number of methoxy groups -OCH3 is 1. The molecule has 0 aliphatic carbocycles. The molecule has 2 rings (SSSR count). The van der Waals surface area contributed by atoms with Crippen LogP contribution in [0.25, 0.3) is 6.08 Å². The highest BCUT2D eigenvalue weighted by molar-refractivity contribution is 6.11. The third-order valence-electron chi connectivity index (χ3n) is 4.90. The average molecular weight is 435 g/mol. The van der Waals surface area contributed by atoms with Gasteiger partial charge in [-0.15, -0.1) is 0 Å². The first-order chi connectivity index (χ1) is 15.6. The monoisotopic (exact) mass is 434 g/mol. The summed E-state index contributed by atoms with van der Waals surface area (Å²) in [6.45, 7) is 2.88. The Hall–Kier alpha value is -3.59. The molecule has 0 atom stereocenters. The Labute approximate surface area is 189 Å². The molecule has 0 bridgehead atoms. The van der Waals surface area contributed by atoms with Crippen LogP contribution >= 0.6 is 0 Å². The van der Waals surface area contributed by atoms with Crippen LogP contribution < -0.4 is 10.1 Å². The zero-order chi connectivity index (χ0) is 23.2. The normalized spacial score (nSPS) is 10.8. The molecule has 0 saturated carbocycles. The van der Waals surface area contributed by atoms with Crippen molar-refractivity contribution in [3.63, 3.8) is 0 Å². The zero-order valence-corrected chi connectivity index (χ0v) is 18.7. The van der Waals surface area contributed by atoms with Crippen LogP contribution in [0.4, 0.5) is 5.69 Å². The molecule has 0 spiro atoms. The lowest BCUT2D eigenvalue weighted by atomic mass is 10.1. The molecule has 0 fully saturated rings. The van der Waals surface area contributed by atoms with E-state index in [4.69, 9.17) is 9.47 Å². The highest BCUT2D eigenvalue weighted by atomic mass is 16.5. The molecule has 1 N–H and O–H groups in total. The van der Waals surface area contributed by atoms with Gasteiger partial charge in [-0.05, 0) is 42.3 Å². The van der Waals surface area contributed by atoms with Gasteiger partial charge in [-0.1, -0.05) is 63.3 Å². The molecule has 0 saturated heterocycles. The van der Waals surface area contributed by atoms with Crippen LogP contribution in [0.1, 0.15) is 61.4 Å². The van der Waals surface area contributed by atoms with E-state index in [2.05, 4.69) is 12.2 Å². The molecular weight excluding hydrogens is 404 g/mol. The molecule has 1 amide bonds. The zero-order valence-electron chi connectivity index (χ0n) is 18.7. The maximum Gasteiger partial charge on any atom is 0.339 e. The largest absolute Gasteiger partial charge is 0.494 e. The third-order valence-corrected chi connectivity index (χ3v) is 4.90. The Kier molecular flexibility index (Phi) is 10.5. The van der Waals surface area contributed by atoms with Crippen molar-refractivity contribution in [1.29, 1.82) is 5.26 Å². The summed E-state index contributed by atoms with van der Waals surface area (Å²) in [6, 6.07) is 15.6. The second-order valence-electron chi connectivity index (χ2n) is 7.35. The van der Waals surface area contributed by atoms with Crippen LogP contribution in [-0.2, 0) is 9.53 Å². The molecule has 0 aliphatic rings. The number of nitrogens with one attached hydrogen (secondary N) is 1. The van der Waals surface area contributed by atoms with Crippen molar-refractivity contribution in [2.45, 2.75) is 45.4 Å². The van der Waals surface area contributed by atoms with Crippen molar-refractivity contribution in [2.75, 3.05) is 19.0 Å². The molecule has 2 aromatic rings. The Morgan fingerprint density at radius 3 is 2.38 bits per heavy atom. The van der Waals surface area contributed by atoms with Gasteiger partial charge >= 0.3 is 5.97 Å². The van der Waals surface area contributed by atoms with E-state index in [0.717, 1.165) is 12.2 Å². The van der Waals surface area contributed by atoms with Gasteiger partial charge in [0.05, 0.1) is 25.0 Å². The van der Waals surface area contributed by atoms with Crippen LogP contribution in [0.3, 0.4) is 0 Å². The van der Waals surface area contributed by atoms with Gasteiger partial charge in [-0.2, -0.15) is 5.26 Å². The number of unbranched alkanes of at least 4 members (excludes halogenated alkanes) is 5. The summed E-state index contributed by atoms with van der Waals surface area (Å²) in [6.07, 6.45) is 8.74. The molecule has 2 aromatic carbocycles. The number of hydrogen-bond donors (Lipinski definition) is 1. The first-order valence-corrected chi connectivity index (χ1v) is 10.9. The van der Waals surface area contributed by atoms with Crippen molar-refractivity contribution in [2.24, 2.45) is 0 Å². The lowest BCUT2D eigenvalue weighted by Gasteiger charge is -2.09. The van der Waals surface area contributed by atoms with Gasteiger partial charge < -0.3 is 14.8 Å². The van der Waals surface area contributed by atoms with Crippen molar-refractivity contribution in [1.82, 2.24) is 0 Å². The first-order valence-electron chi connectivity index (χ1n) is 10.9. The summed E-state index contributed by atoms with van der Waals surface area (Å²) >= 11 is 0. The number of carbonyl (C=O) groups is 2. The molecule has 0 unspecified atom stereocenters. The molecule has 168 valence electrons. The quantitative estimate of drug-likeness (QED) is 0.199. The SMILES string of the molecule is CCCCCCCCOc1ccc(/C=C(\C#N)C(=O)Nc2ccccc2C(=O)OC)cc1. The number of nitrogens with zero attached hydrogens (tertiary/aromatic N) is 1. The van der Waals surface area contributed by atoms with Gasteiger partial charge in [0.15, 0.2) is 0 Å². The second kappa shape index (κ2) is 13.7. The Morgan fingerprint density at radius 2 is 1.69 bits per heavy atom. The first kappa shape index (κ1) is 24.7. The smallest absolute Gasteiger partial charge is 0.339 e. The van der Waals surface area contributed by atoms with Crippen LogP contribution in [0.15, 0.2) is 54.1 Å². The fourth-order valence-electron chi connectivity index (χ4n) is 3.12. The summed E-state index contributed by atoms with van der Waals surface area (Å²) < 4.78 is 10.5. The van der Waals surface area contributed by atoms with E-state index in [1.165, 1.54) is 45.3 Å². The highest BCUT2D eigenvalue weighted by Gasteiger charge is 2.15. The standard InChI is InChI=1S/C26H30N2O4/c1-3-4-5-6-7-10-17-32-22-15-13-20(14-16-22)18-21(19-27)25(29)28-24-12-9-8-11-23(24)26(30)31-2/h8-9,11-16,18H,3-7,10,17H2,1-2H3,(H,28,29)/b21-18+. The van der Waals surface area contributed by atoms with Gasteiger partial charge in [0, 0.05) is 0 Å². The summed E-state index contributed by atoms with van der Waals surface area (Å²) in [5.41, 5.74) is 1.12. The second-order valence-corrected chi connectivity index (χ2v) is 7.35.